The number of amides is 2. The summed E-state index contributed by atoms with van der Waals surface area (Å²) >= 11 is 1.06. The second-order valence-corrected chi connectivity index (χ2v) is 9.38. The molecule has 0 radical (unpaired) electrons. The van der Waals surface area contributed by atoms with Crippen molar-refractivity contribution in [2.45, 2.75) is 45.6 Å². The molecule has 3 rings (SSSR count). The number of aromatic nitrogens is 2. The third-order valence-corrected chi connectivity index (χ3v) is 6.47. The zero-order chi connectivity index (χ0) is 27.5. The Hall–Kier alpha value is -3.48. The number of rotatable bonds is 7. The lowest BCUT2D eigenvalue weighted by molar-refractivity contribution is -0.143. The lowest BCUT2D eigenvalue weighted by atomic mass is 9.97. The Morgan fingerprint density at radius 1 is 0.946 bits per heavy atom. The Balaban J connectivity index is 1.84. The van der Waals surface area contributed by atoms with E-state index in [4.69, 9.17) is 0 Å². The molecule has 0 aliphatic carbocycles. The Bertz CT molecular complexity index is 1240. The average molecular weight is 545 g/mol. The molecule has 0 unspecified atom stereocenters. The first kappa shape index (κ1) is 28.1. The van der Waals surface area contributed by atoms with Crippen molar-refractivity contribution < 1.29 is 35.9 Å². The van der Waals surface area contributed by atoms with Gasteiger partial charge in [-0.1, -0.05) is 61.4 Å². The molecule has 2 N–H and O–H groups in total. The number of nitrogens with one attached hydrogen (secondary N) is 2. The minimum atomic E-state index is -5.11. The van der Waals surface area contributed by atoms with E-state index >= 15 is 0 Å². The molecule has 0 saturated heterocycles. The molecular formula is C24H22F6N4O2S. The van der Waals surface area contributed by atoms with Gasteiger partial charge in [0.1, 0.15) is 11.0 Å². The number of nitrogens with zero attached hydrogens (tertiary/aromatic N) is 2. The maximum absolute atomic E-state index is 13.2. The van der Waals surface area contributed by atoms with Gasteiger partial charge in [0.2, 0.25) is 11.0 Å². The lowest BCUT2D eigenvalue weighted by Crippen LogP contribution is -2.47. The van der Waals surface area contributed by atoms with Gasteiger partial charge in [0.05, 0.1) is 11.1 Å². The number of carbonyl (C=O) groups excluding carboxylic acids is 2. The van der Waals surface area contributed by atoms with Crippen molar-refractivity contribution in [3.8, 4) is 10.6 Å². The molecule has 6 nitrogen and oxygen atoms in total. The number of anilines is 1. The first-order valence-electron chi connectivity index (χ1n) is 11.0. The first-order chi connectivity index (χ1) is 17.2. The van der Waals surface area contributed by atoms with Crippen LogP contribution in [0, 0.1) is 12.8 Å². The molecular weight excluding hydrogens is 522 g/mol. The maximum Gasteiger partial charge on any atom is 0.416 e. The van der Waals surface area contributed by atoms with Crippen LogP contribution in [-0.2, 0) is 17.1 Å². The fourth-order valence-electron chi connectivity index (χ4n) is 3.28. The molecule has 13 heteroatoms. The number of alkyl halides is 6. The predicted octanol–water partition coefficient (Wildman–Crippen LogP) is 6.33. The topological polar surface area (TPSA) is 84.0 Å². The second kappa shape index (κ2) is 10.9. The molecule has 37 heavy (non-hydrogen) atoms. The van der Waals surface area contributed by atoms with E-state index in [1.54, 1.807) is 13.8 Å². The van der Waals surface area contributed by atoms with Gasteiger partial charge < -0.3 is 5.32 Å². The van der Waals surface area contributed by atoms with Gasteiger partial charge >= 0.3 is 12.4 Å². The highest BCUT2D eigenvalue weighted by Gasteiger charge is 2.38. The normalized spacial score (nSPS) is 13.6. The molecule has 0 bridgehead atoms. The van der Waals surface area contributed by atoms with Crippen LogP contribution >= 0.6 is 11.3 Å². The van der Waals surface area contributed by atoms with E-state index in [9.17, 15) is 35.9 Å². The quantitative estimate of drug-likeness (QED) is 0.341. The molecule has 0 spiro atoms. The van der Waals surface area contributed by atoms with Gasteiger partial charge in [-0.15, -0.1) is 10.2 Å². The van der Waals surface area contributed by atoms with Crippen LogP contribution < -0.4 is 10.6 Å². The van der Waals surface area contributed by atoms with Crippen LogP contribution in [-0.4, -0.2) is 28.1 Å². The monoisotopic (exact) mass is 544 g/mol. The fraction of sp³-hybridized carbons (Fsp3) is 0.333. The van der Waals surface area contributed by atoms with Gasteiger partial charge in [0.25, 0.3) is 5.91 Å². The van der Waals surface area contributed by atoms with Crippen LogP contribution in [0.2, 0.25) is 0 Å². The summed E-state index contributed by atoms with van der Waals surface area (Å²) < 4.78 is 79.1. The molecule has 2 atom stereocenters. The molecule has 0 saturated carbocycles. The molecule has 0 aliphatic rings. The van der Waals surface area contributed by atoms with E-state index in [0.29, 0.717) is 23.6 Å². The highest BCUT2D eigenvalue weighted by atomic mass is 32.1. The van der Waals surface area contributed by atoms with Gasteiger partial charge in [-0.05, 0) is 31.0 Å². The largest absolute Gasteiger partial charge is 0.416 e. The summed E-state index contributed by atoms with van der Waals surface area (Å²) in [5, 5.41) is 13.4. The van der Waals surface area contributed by atoms with Gasteiger partial charge in [-0.25, -0.2) is 0 Å². The van der Waals surface area contributed by atoms with Crippen LogP contribution in [0.4, 0.5) is 31.5 Å². The van der Waals surface area contributed by atoms with Gasteiger partial charge in [-0.2, -0.15) is 26.3 Å². The Morgan fingerprint density at radius 2 is 1.51 bits per heavy atom. The van der Waals surface area contributed by atoms with Crippen molar-refractivity contribution in [1.29, 1.82) is 0 Å². The summed E-state index contributed by atoms with van der Waals surface area (Å²) in [6, 6.07) is 6.69. The van der Waals surface area contributed by atoms with Crippen molar-refractivity contribution >= 4 is 28.3 Å². The van der Waals surface area contributed by atoms with Gasteiger partial charge in [-0.3, -0.25) is 14.9 Å². The molecule has 2 aromatic carbocycles. The number of aryl methyl sites for hydroxylation is 1. The van der Waals surface area contributed by atoms with Crippen molar-refractivity contribution in [3.05, 3.63) is 64.7 Å². The van der Waals surface area contributed by atoms with Crippen LogP contribution in [0.25, 0.3) is 10.6 Å². The highest BCUT2D eigenvalue weighted by Crippen LogP contribution is 2.36. The third kappa shape index (κ3) is 7.06. The van der Waals surface area contributed by atoms with Crippen molar-refractivity contribution in [3.63, 3.8) is 0 Å². The molecule has 1 heterocycles. The van der Waals surface area contributed by atoms with E-state index in [1.165, 1.54) is 0 Å². The molecule has 0 fully saturated rings. The van der Waals surface area contributed by atoms with E-state index in [2.05, 4.69) is 20.8 Å². The summed E-state index contributed by atoms with van der Waals surface area (Å²) in [5.74, 6) is -2.51. The second-order valence-electron chi connectivity index (χ2n) is 8.40. The number of hydrogen-bond donors (Lipinski definition) is 2. The van der Waals surface area contributed by atoms with Gasteiger partial charge in [0, 0.05) is 11.1 Å². The summed E-state index contributed by atoms with van der Waals surface area (Å²) in [7, 11) is 0. The Morgan fingerprint density at radius 3 is 2.03 bits per heavy atom. The molecule has 0 aliphatic heterocycles. The summed E-state index contributed by atoms with van der Waals surface area (Å²) in [6.07, 6.45) is -9.85. The zero-order valence-electron chi connectivity index (χ0n) is 19.8. The number of hydrogen-bond acceptors (Lipinski definition) is 5. The minimum Gasteiger partial charge on any atom is -0.340 e. The smallest absolute Gasteiger partial charge is 0.340 e. The molecule has 2 amide bonds. The summed E-state index contributed by atoms with van der Waals surface area (Å²) in [5.41, 5.74) is -2.33. The van der Waals surface area contributed by atoms with E-state index in [1.807, 2.05) is 31.2 Å². The SMILES string of the molecule is CC[C@@H](C)[C@H](NC(=O)c1cc(C(F)(F)F)cc(C(F)(F)F)c1)C(=O)Nc1nnc(-c2ccc(C)cc2)s1. The number of carbonyl (C=O) groups is 2. The number of benzene rings is 2. The third-order valence-electron chi connectivity index (χ3n) is 5.59. The predicted molar refractivity (Wildman–Crippen MR) is 126 cm³/mol. The molecule has 198 valence electrons. The lowest BCUT2D eigenvalue weighted by Gasteiger charge is -2.23. The van der Waals surface area contributed by atoms with Crippen molar-refractivity contribution in [2.75, 3.05) is 5.32 Å². The highest BCUT2D eigenvalue weighted by molar-refractivity contribution is 7.18. The van der Waals surface area contributed by atoms with Crippen molar-refractivity contribution in [1.82, 2.24) is 15.5 Å². The molecule has 3 aromatic rings. The van der Waals surface area contributed by atoms with E-state index in [0.717, 1.165) is 22.5 Å². The van der Waals surface area contributed by atoms with Gasteiger partial charge in [0.15, 0.2) is 0 Å². The van der Waals surface area contributed by atoms with Crippen LogP contribution in [0.3, 0.4) is 0 Å². The molecule has 1 aromatic heterocycles. The average Bonchev–Trinajstić information content (AvgIpc) is 3.29. The summed E-state index contributed by atoms with van der Waals surface area (Å²) in [4.78, 5) is 25.7. The maximum atomic E-state index is 13.2. The zero-order valence-corrected chi connectivity index (χ0v) is 20.6. The Kier molecular flexibility index (Phi) is 8.25. The summed E-state index contributed by atoms with van der Waals surface area (Å²) in [6.45, 7) is 5.24. The standard InChI is InChI=1S/C24H22F6N4O2S/c1-4-13(3)18(20(36)32-22-34-33-21(37-22)14-7-5-12(2)6-8-14)31-19(35)15-9-16(23(25,26)27)11-17(10-15)24(28,29)30/h5-11,13,18H,4H2,1-3H3,(H,31,35)(H,32,34,36)/t13-,18+/m1/s1. The first-order valence-corrected chi connectivity index (χ1v) is 11.8. The minimum absolute atomic E-state index is 0.0727. The van der Waals surface area contributed by atoms with Crippen LogP contribution in [0.15, 0.2) is 42.5 Å². The van der Waals surface area contributed by atoms with Crippen LogP contribution in [0.5, 0.6) is 0 Å². The van der Waals surface area contributed by atoms with Crippen molar-refractivity contribution in [2.24, 2.45) is 5.92 Å². The van der Waals surface area contributed by atoms with E-state index in [-0.39, 0.29) is 11.2 Å². The van der Waals surface area contributed by atoms with Crippen LogP contribution in [0.1, 0.15) is 47.3 Å². The number of halogens is 6. The fourth-order valence-corrected chi connectivity index (χ4v) is 4.03. The van der Waals surface area contributed by atoms with E-state index < -0.39 is 52.8 Å². The Labute approximate surface area is 212 Å².